The molecule has 8 heteroatoms. The van der Waals surface area contributed by atoms with Crippen molar-refractivity contribution in [1.29, 1.82) is 0 Å². The molecule has 0 unspecified atom stereocenters. The summed E-state index contributed by atoms with van der Waals surface area (Å²) in [5, 5.41) is 6.84. The molecule has 3 heterocycles. The van der Waals surface area contributed by atoms with Crippen molar-refractivity contribution in [2.75, 3.05) is 24.5 Å². The Bertz CT molecular complexity index is 1080. The number of anilines is 1. The number of halogens is 1. The number of fused-ring (bicyclic) bond motifs is 1. The van der Waals surface area contributed by atoms with E-state index in [-0.39, 0.29) is 5.60 Å². The zero-order valence-electron chi connectivity index (χ0n) is 16.6. The first kappa shape index (κ1) is 19.6. The fraction of sp³-hybridized carbons (Fsp3) is 0.333. The first-order valence-corrected chi connectivity index (χ1v) is 9.79. The van der Waals surface area contributed by atoms with Gasteiger partial charge in [-0.25, -0.2) is 9.78 Å². The Morgan fingerprint density at radius 3 is 2.59 bits per heavy atom. The molecular formula is C21H22ClN5O2. The number of carbonyl (C=O) groups excluding carboxylic acids is 1. The first-order valence-electron chi connectivity index (χ1n) is 9.41. The van der Waals surface area contributed by atoms with E-state index in [1.54, 1.807) is 15.6 Å². The third kappa shape index (κ3) is 4.18. The van der Waals surface area contributed by atoms with Gasteiger partial charge in [0.25, 0.3) is 0 Å². The van der Waals surface area contributed by atoms with Gasteiger partial charge in [-0.15, -0.1) is 0 Å². The summed E-state index contributed by atoms with van der Waals surface area (Å²) >= 11 is 6.28. The third-order valence-electron chi connectivity index (χ3n) is 4.47. The lowest BCUT2D eigenvalue weighted by Gasteiger charge is -2.38. The fourth-order valence-electron chi connectivity index (χ4n) is 3.35. The van der Waals surface area contributed by atoms with E-state index in [0.717, 1.165) is 11.3 Å². The lowest BCUT2D eigenvalue weighted by molar-refractivity contribution is -0.225. The van der Waals surface area contributed by atoms with Gasteiger partial charge >= 0.3 is 0 Å². The van der Waals surface area contributed by atoms with E-state index in [1.165, 1.54) is 0 Å². The number of benzene rings is 1. The second kappa shape index (κ2) is 7.61. The Balaban J connectivity index is 1.72. The third-order valence-corrected chi connectivity index (χ3v) is 4.66. The number of piperazine rings is 1. The average Bonchev–Trinajstić information content (AvgIpc) is 3.10. The highest BCUT2D eigenvalue weighted by molar-refractivity contribution is 6.29. The minimum absolute atomic E-state index is 0.328. The molecule has 0 atom stereocenters. The van der Waals surface area contributed by atoms with E-state index >= 15 is 0 Å². The molecule has 1 fully saturated rings. The average molecular weight is 412 g/mol. The predicted molar refractivity (Wildman–Crippen MR) is 112 cm³/mol. The minimum atomic E-state index is -0.337. The molecule has 4 rings (SSSR count). The molecule has 0 amide bonds. The molecule has 7 nitrogen and oxygen atoms in total. The predicted octanol–water partition coefficient (Wildman–Crippen LogP) is 3.62. The number of hydrogen-bond donors (Lipinski definition) is 0. The van der Waals surface area contributed by atoms with Crippen LogP contribution >= 0.6 is 11.6 Å². The quantitative estimate of drug-likeness (QED) is 0.484. The summed E-state index contributed by atoms with van der Waals surface area (Å²) in [6.45, 7) is 7.42. The van der Waals surface area contributed by atoms with Crippen molar-refractivity contribution < 1.29 is 9.63 Å². The molecule has 2 aromatic heterocycles. The Labute approximate surface area is 174 Å². The van der Waals surface area contributed by atoms with Gasteiger partial charge in [0.05, 0.1) is 17.8 Å². The van der Waals surface area contributed by atoms with Crippen molar-refractivity contribution in [1.82, 2.24) is 19.7 Å². The number of hydrogen-bond acceptors (Lipinski definition) is 6. The molecule has 0 spiro atoms. The number of rotatable bonds is 3. The largest absolute Gasteiger partial charge is 0.318 e. The number of nitrogens with zero attached hydrogens (tertiary/aromatic N) is 5. The number of aromatic nitrogens is 3. The van der Waals surface area contributed by atoms with E-state index in [0.29, 0.717) is 41.9 Å². The molecule has 29 heavy (non-hydrogen) atoms. The van der Waals surface area contributed by atoms with E-state index < -0.39 is 0 Å². The summed E-state index contributed by atoms with van der Waals surface area (Å²) in [6.07, 6.45) is 0. The summed E-state index contributed by atoms with van der Waals surface area (Å²) < 4.78 is 1.71. The smallest absolute Gasteiger partial charge is 0.159 e. The van der Waals surface area contributed by atoms with Crippen molar-refractivity contribution in [3.8, 4) is 11.3 Å². The van der Waals surface area contributed by atoms with Crippen molar-refractivity contribution in [2.45, 2.75) is 26.4 Å². The maximum Gasteiger partial charge on any atom is 0.159 e. The van der Waals surface area contributed by atoms with Crippen LogP contribution in [0, 0.1) is 0 Å². The Kier molecular flexibility index (Phi) is 5.15. The SMILES string of the molecule is CC(C)(C)ON1CCN(c2cc(Cl)nc3cc(-c4ccccc4)nn23)C(=C=O)C1. The van der Waals surface area contributed by atoms with Crippen molar-refractivity contribution in [2.24, 2.45) is 0 Å². The molecule has 150 valence electrons. The van der Waals surface area contributed by atoms with Gasteiger partial charge in [0.2, 0.25) is 0 Å². The summed E-state index contributed by atoms with van der Waals surface area (Å²) in [7, 11) is 0. The fourth-order valence-corrected chi connectivity index (χ4v) is 3.54. The highest BCUT2D eigenvalue weighted by atomic mass is 35.5. The van der Waals surface area contributed by atoms with Crippen molar-refractivity contribution in [3.63, 3.8) is 0 Å². The highest BCUT2D eigenvalue weighted by Gasteiger charge is 2.29. The minimum Gasteiger partial charge on any atom is -0.318 e. The molecule has 0 aliphatic carbocycles. The molecule has 1 aliphatic rings. The maximum atomic E-state index is 11.7. The van der Waals surface area contributed by atoms with Crippen LogP contribution in [0.4, 0.5) is 5.82 Å². The van der Waals surface area contributed by atoms with Gasteiger partial charge in [0.1, 0.15) is 22.6 Å². The van der Waals surface area contributed by atoms with Crippen LogP contribution in [0.3, 0.4) is 0 Å². The molecule has 0 N–H and O–H groups in total. The summed E-state index contributed by atoms with van der Waals surface area (Å²) in [4.78, 5) is 23.9. The number of hydroxylamine groups is 2. The zero-order chi connectivity index (χ0) is 20.6. The first-order chi connectivity index (χ1) is 13.8. The summed E-state index contributed by atoms with van der Waals surface area (Å²) in [5.74, 6) is 2.73. The van der Waals surface area contributed by atoms with Gasteiger partial charge in [-0.05, 0) is 20.8 Å². The monoisotopic (exact) mass is 411 g/mol. The van der Waals surface area contributed by atoms with Crippen LogP contribution in [0.1, 0.15) is 20.8 Å². The van der Waals surface area contributed by atoms with Gasteiger partial charge in [-0.1, -0.05) is 41.9 Å². The van der Waals surface area contributed by atoms with E-state index in [2.05, 4.69) is 10.9 Å². The zero-order valence-corrected chi connectivity index (χ0v) is 17.3. The van der Waals surface area contributed by atoms with E-state index in [4.69, 9.17) is 21.5 Å². The van der Waals surface area contributed by atoms with Crippen LogP contribution < -0.4 is 4.90 Å². The maximum absolute atomic E-state index is 11.7. The summed E-state index contributed by atoms with van der Waals surface area (Å²) in [6, 6.07) is 13.5. The van der Waals surface area contributed by atoms with Crippen LogP contribution in [-0.2, 0) is 9.63 Å². The lowest BCUT2D eigenvalue weighted by atomic mass is 10.2. The molecular weight excluding hydrogens is 390 g/mol. The van der Waals surface area contributed by atoms with E-state index in [1.807, 2.05) is 62.1 Å². The lowest BCUT2D eigenvalue weighted by Crippen LogP contribution is -2.48. The van der Waals surface area contributed by atoms with Gasteiger partial charge < -0.3 is 4.90 Å². The van der Waals surface area contributed by atoms with Gasteiger partial charge in [0, 0.05) is 30.8 Å². The second-order valence-corrected chi connectivity index (χ2v) is 8.26. The highest BCUT2D eigenvalue weighted by Crippen LogP contribution is 2.28. The molecule has 0 saturated carbocycles. The normalized spacial score (nSPS) is 15.7. The molecule has 1 aliphatic heterocycles. The van der Waals surface area contributed by atoms with Gasteiger partial charge in [0.15, 0.2) is 5.65 Å². The Hall–Kier alpha value is -2.70. The topological polar surface area (TPSA) is 63.0 Å². The van der Waals surface area contributed by atoms with Gasteiger partial charge in [-0.3, -0.25) is 4.84 Å². The Morgan fingerprint density at radius 1 is 1.14 bits per heavy atom. The molecule has 0 bridgehead atoms. The van der Waals surface area contributed by atoms with Crippen LogP contribution in [0.2, 0.25) is 5.15 Å². The van der Waals surface area contributed by atoms with Crippen LogP contribution in [0.15, 0.2) is 48.2 Å². The molecule has 0 radical (unpaired) electrons. The van der Waals surface area contributed by atoms with Crippen molar-refractivity contribution in [3.05, 3.63) is 53.3 Å². The second-order valence-electron chi connectivity index (χ2n) is 7.87. The van der Waals surface area contributed by atoms with Crippen LogP contribution in [-0.4, -0.2) is 50.8 Å². The summed E-state index contributed by atoms with van der Waals surface area (Å²) in [5.41, 5.74) is 2.50. The molecule has 1 aromatic carbocycles. The van der Waals surface area contributed by atoms with Crippen LogP contribution in [0.5, 0.6) is 0 Å². The molecule has 1 saturated heterocycles. The molecule has 3 aromatic rings. The van der Waals surface area contributed by atoms with Crippen LogP contribution in [0.25, 0.3) is 16.9 Å². The standard InChI is InChI=1S/C21H22ClN5O2/c1-21(2,3)29-25-9-10-26(16(13-25)14-28)20-12-18(22)23-19-11-17(24-27(19)20)15-7-5-4-6-8-15/h4-8,11-12H,9-10,13H2,1-3H3. The van der Waals surface area contributed by atoms with Crippen molar-refractivity contribution >= 4 is 29.0 Å². The van der Waals surface area contributed by atoms with E-state index in [9.17, 15) is 4.79 Å². The Morgan fingerprint density at radius 2 is 1.90 bits per heavy atom. The van der Waals surface area contributed by atoms with Gasteiger partial charge in [-0.2, -0.15) is 14.7 Å².